The molecule has 0 saturated heterocycles. The molecule has 3 nitrogen and oxygen atoms in total. The predicted molar refractivity (Wildman–Crippen MR) is 67.0 cm³/mol. The third-order valence-electron chi connectivity index (χ3n) is 4.03. The van der Waals surface area contributed by atoms with E-state index in [2.05, 4.69) is 12.2 Å². The second-order valence-electron chi connectivity index (χ2n) is 5.47. The minimum absolute atomic E-state index is 0.0662. The maximum Gasteiger partial charge on any atom is 0.224 e. The number of hydrogen-bond donors (Lipinski definition) is 2. The third kappa shape index (κ3) is 3.21. The van der Waals surface area contributed by atoms with Crippen LogP contribution in [0.3, 0.4) is 0 Å². The lowest BCUT2D eigenvalue weighted by Crippen LogP contribution is -2.46. The van der Waals surface area contributed by atoms with Crippen LogP contribution in [0, 0.1) is 11.3 Å². The number of nitrogens with two attached hydrogens (primary N) is 1. The van der Waals surface area contributed by atoms with Crippen molar-refractivity contribution in [1.29, 1.82) is 0 Å². The number of carbonyl (C=O) groups is 1. The van der Waals surface area contributed by atoms with Crippen molar-refractivity contribution in [2.24, 2.45) is 17.1 Å². The molecule has 2 atom stereocenters. The Morgan fingerprint density at radius 1 is 1.44 bits per heavy atom. The summed E-state index contributed by atoms with van der Waals surface area (Å²) < 4.78 is 0. The van der Waals surface area contributed by atoms with Crippen molar-refractivity contribution >= 4 is 5.91 Å². The Morgan fingerprint density at radius 3 is 2.44 bits per heavy atom. The molecular weight excluding hydrogens is 200 g/mol. The van der Waals surface area contributed by atoms with E-state index in [0.717, 1.165) is 6.54 Å². The highest BCUT2D eigenvalue weighted by molar-refractivity contribution is 5.78. The molecule has 0 aromatic carbocycles. The molecule has 1 aliphatic rings. The normalized spacial score (nSPS) is 22.0. The summed E-state index contributed by atoms with van der Waals surface area (Å²) in [5, 5.41) is 3.07. The van der Waals surface area contributed by atoms with Gasteiger partial charge in [-0.2, -0.15) is 0 Å². The van der Waals surface area contributed by atoms with Gasteiger partial charge in [0.1, 0.15) is 0 Å². The molecule has 0 aromatic rings. The molecule has 2 unspecified atom stereocenters. The van der Waals surface area contributed by atoms with Crippen molar-refractivity contribution in [3.8, 4) is 0 Å². The molecule has 0 aromatic heterocycles. The van der Waals surface area contributed by atoms with Crippen LogP contribution in [-0.2, 0) is 4.79 Å². The summed E-state index contributed by atoms with van der Waals surface area (Å²) in [6.45, 7) is 6.84. The van der Waals surface area contributed by atoms with Gasteiger partial charge in [0, 0.05) is 18.5 Å². The highest BCUT2D eigenvalue weighted by Crippen LogP contribution is 2.44. The molecule has 0 bridgehead atoms. The minimum atomic E-state index is -0.0845. The van der Waals surface area contributed by atoms with Crippen LogP contribution in [0.4, 0.5) is 0 Å². The minimum Gasteiger partial charge on any atom is -0.355 e. The van der Waals surface area contributed by atoms with Crippen molar-refractivity contribution in [2.75, 3.05) is 6.54 Å². The van der Waals surface area contributed by atoms with E-state index in [9.17, 15) is 4.79 Å². The lowest BCUT2D eigenvalue weighted by atomic mass is 9.66. The van der Waals surface area contributed by atoms with Crippen LogP contribution in [0.1, 0.15) is 52.9 Å². The second kappa shape index (κ2) is 5.67. The molecule has 94 valence electrons. The first kappa shape index (κ1) is 13.5. The molecule has 0 radical (unpaired) electrons. The number of rotatable bonds is 6. The molecule has 0 spiro atoms. The number of nitrogens with one attached hydrogen (secondary N) is 1. The first-order chi connectivity index (χ1) is 7.51. The Morgan fingerprint density at radius 2 is 2.06 bits per heavy atom. The van der Waals surface area contributed by atoms with Gasteiger partial charge >= 0.3 is 0 Å². The average Bonchev–Trinajstić information content (AvgIpc) is 2.20. The lowest BCUT2D eigenvalue weighted by Gasteiger charge is -2.42. The van der Waals surface area contributed by atoms with Crippen LogP contribution in [0.25, 0.3) is 0 Å². The molecule has 0 heterocycles. The molecule has 1 amide bonds. The zero-order chi connectivity index (χ0) is 12.2. The van der Waals surface area contributed by atoms with Crippen LogP contribution in [0.5, 0.6) is 0 Å². The van der Waals surface area contributed by atoms with Crippen LogP contribution >= 0.6 is 0 Å². The van der Waals surface area contributed by atoms with Gasteiger partial charge in [-0.25, -0.2) is 0 Å². The van der Waals surface area contributed by atoms with Crippen LogP contribution < -0.4 is 11.1 Å². The van der Waals surface area contributed by atoms with E-state index in [4.69, 9.17) is 5.73 Å². The molecule has 3 N–H and O–H groups in total. The SMILES string of the molecule is CCCC1(CNC(=O)C(C)C(C)N)CCC1. The van der Waals surface area contributed by atoms with E-state index in [0.29, 0.717) is 5.41 Å². The van der Waals surface area contributed by atoms with E-state index in [1.807, 2.05) is 13.8 Å². The van der Waals surface area contributed by atoms with Crippen LogP contribution in [-0.4, -0.2) is 18.5 Å². The molecule has 3 heteroatoms. The topological polar surface area (TPSA) is 55.1 Å². The number of amides is 1. The van der Waals surface area contributed by atoms with Gasteiger partial charge in [-0.05, 0) is 31.6 Å². The zero-order valence-electron chi connectivity index (χ0n) is 10.9. The van der Waals surface area contributed by atoms with Crippen LogP contribution in [0.15, 0.2) is 0 Å². The lowest BCUT2D eigenvalue weighted by molar-refractivity contribution is -0.125. The smallest absolute Gasteiger partial charge is 0.224 e. The number of hydrogen-bond acceptors (Lipinski definition) is 2. The fraction of sp³-hybridized carbons (Fsp3) is 0.923. The predicted octanol–water partition coefficient (Wildman–Crippen LogP) is 2.06. The molecule has 1 fully saturated rings. The highest BCUT2D eigenvalue weighted by atomic mass is 16.1. The van der Waals surface area contributed by atoms with Gasteiger partial charge in [0.25, 0.3) is 0 Å². The zero-order valence-corrected chi connectivity index (χ0v) is 10.9. The monoisotopic (exact) mass is 226 g/mol. The maximum atomic E-state index is 11.8. The van der Waals surface area contributed by atoms with Crippen molar-refractivity contribution in [2.45, 2.75) is 58.9 Å². The summed E-state index contributed by atoms with van der Waals surface area (Å²) in [6.07, 6.45) is 6.30. The maximum absolute atomic E-state index is 11.8. The largest absolute Gasteiger partial charge is 0.355 e. The van der Waals surface area contributed by atoms with Crippen molar-refractivity contribution in [3.05, 3.63) is 0 Å². The molecule has 1 rings (SSSR count). The third-order valence-corrected chi connectivity index (χ3v) is 4.03. The first-order valence-electron chi connectivity index (χ1n) is 6.54. The van der Waals surface area contributed by atoms with E-state index < -0.39 is 0 Å². The second-order valence-corrected chi connectivity index (χ2v) is 5.47. The Hall–Kier alpha value is -0.570. The Labute approximate surface area is 99.2 Å². The summed E-state index contributed by atoms with van der Waals surface area (Å²) in [7, 11) is 0. The van der Waals surface area contributed by atoms with Gasteiger partial charge in [-0.3, -0.25) is 4.79 Å². The molecule has 1 saturated carbocycles. The summed E-state index contributed by atoms with van der Waals surface area (Å²) >= 11 is 0. The average molecular weight is 226 g/mol. The van der Waals surface area contributed by atoms with Crippen molar-refractivity contribution < 1.29 is 4.79 Å². The summed E-state index contributed by atoms with van der Waals surface area (Å²) in [5.41, 5.74) is 6.13. The fourth-order valence-corrected chi connectivity index (χ4v) is 2.40. The molecule has 0 aliphatic heterocycles. The summed E-state index contributed by atoms with van der Waals surface area (Å²) in [6, 6.07) is -0.0662. The number of carbonyl (C=O) groups excluding carboxylic acids is 1. The van der Waals surface area contributed by atoms with Gasteiger partial charge < -0.3 is 11.1 Å². The summed E-state index contributed by atoms with van der Waals surface area (Å²) in [4.78, 5) is 11.8. The Bertz CT molecular complexity index is 234. The summed E-state index contributed by atoms with van der Waals surface area (Å²) in [5.74, 6) is 0.0242. The van der Waals surface area contributed by atoms with E-state index in [1.165, 1.54) is 32.1 Å². The molecular formula is C13H26N2O. The van der Waals surface area contributed by atoms with E-state index in [1.54, 1.807) is 0 Å². The Kier molecular flexibility index (Phi) is 4.78. The fourth-order valence-electron chi connectivity index (χ4n) is 2.40. The highest BCUT2D eigenvalue weighted by Gasteiger charge is 2.36. The first-order valence-corrected chi connectivity index (χ1v) is 6.54. The molecule has 16 heavy (non-hydrogen) atoms. The van der Waals surface area contributed by atoms with Crippen molar-refractivity contribution in [1.82, 2.24) is 5.32 Å². The van der Waals surface area contributed by atoms with Gasteiger partial charge in [0.2, 0.25) is 5.91 Å². The Balaban J connectivity index is 2.35. The van der Waals surface area contributed by atoms with Gasteiger partial charge in [0.15, 0.2) is 0 Å². The van der Waals surface area contributed by atoms with Crippen molar-refractivity contribution in [3.63, 3.8) is 0 Å². The van der Waals surface area contributed by atoms with E-state index in [-0.39, 0.29) is 17.9 Å². The van der Waals surface area contributed by atoms with E-state index >= 15 is 0 Å². The van der Waals surface area contributed by atoms with Crippen LogP contribution in [0.2, 0.25) is 0 Å². The molecule has 1 aliphatic carbocycles. The van der Waals surface area contributed by atoms with Gasteiger partial charge in [-0.15, -0.1) is 0 Å². The standard InChI is InChI=1S/C13H26N2O/c1-4-6-13(7-5-8-13)9-15-12(16)10(2)11(3)14/h10-11H,4-9,14H2,1-3H3,(H,15,16). The van der Waals surface area contributed by atoms with Gasteiger partial charge in [-0.1, -0.05) is 26.7 Å². The van der Waals surface area contributed by atoms with Gasteiger partial charge in [0.05, 0.1) is 0 Å². The quantitative estimate of drug-likeness (QED) is 0.728.